The van der Waals surface area contributed by atoms with Crippen LogP contribution in [0.2, 0.25) is 0 Å². The Bertz CT molecular complexity index is 390. The Morgan fingerprint density at radius 2 is 1.62 bits per heavy atom. The molecule has 1 aromatic rings. The Hall–Kier alpha value is -0.360. The highest BCUT2D eigenvalue weighted by Crippen LogP contribution is 2.28. The van der Waals surface area contributed by atoms with Crippen molar-refractivity contribution in [1.82, 2.24) is 0 Å². The van der Waals surface area contributed by atoms with Crippen molar-refractivity contribution < 1.29 is 17.6 Å². The molecule has 0 saturated heterocycles. The van der Waals surface area contributed by atoms with Crippen LogP contribution in [0.25, 0.3) is 5.83 Å². The van der Waals surface area contributed by atoms with Gasteiger partial charge in [-0.3, -0.25) is 0 Å². The molecule has 0 amide bonds. The molecule has 0 heterocycles. The van der Waals surface area contributed by atoms with Gasteiger partial charge in [0, 0.05) is 14.5 Å². The highest BCUT2D eigenvalue weighted by atomic mass is 79.9. The standard InChI is InChI=1S/C10H6Br2F4/c11-7-3-6(4-8(12)5-7)9(13)1-2-10(14,15)16/h1,3-5H,2H2. The third-order valence-electron chi connectivity index (χ3n) is 1.65. The number of hydrogen-bond acceptors (Lipinski definition) is 0. The first-order valence-corrected chi connectivity index (χ1v) is 5.75. The summed E-state index contributed by atoms with van der Waals surface area (Å²) in [5.74, 6) is -0.890. The molecule has 0 N–H and O–H groups in total. The summed E-state index contributed by atoms with van der Waals surface area (Å²) in [4.78, 5) is 0. The smallest absolute Gasteiger partial charge is 0.207 e. The number of rotatable bonds is 2. The van der Waals surface area contributed by atoms with E-state index >= 15 is 0 Å². The van der Waals surface area contributed by atoms with Crippen LogP contribution in [0, 0.1) is 0 Å². The van der Waals surface area contributed by atoms with E-state index < -0.39 is 18.4 Å². The fraction of sp³-hybridized carbons (Fsp3) is 0.200. The molecule has 0 unspecified atom stereocenters. The number of benzene rings is 1. The Kier molecular flexibility index (Phi) is 4.55. The number of allylic oxidation sites excluding steroid dienone is 1. The van der Waals surface area contributed by atoms with Gasteiger partial charge in [-0.1, -0.05) is 31.9 Å². The Labute approximate surface area is 107 Å². The van der Waals surface area contributed by atoms with Crippen molar-refractivity contribution in [1.29, 1.82) is 0 Å². The highest BCUT2D eigenvalue weighted by molar-refractivity contribution is 9.11. The molecule has 0 spiro atoms. The van der Waals surface area contributed by atoms with E-state index in [1.165, 1.54) is 12.1 Å². The third kappa shape index (κ3) is 4.65. The number of hydrogen-bond donors (Lipinski definition) is 0. The average Bonchev–Trinajstić information content (AvgIpc) is 2.11. The van der Waals surface area contributed by atoms with Gasteiger partial charge in [0.25, 0.3) is 0 Å². The summed E-state index contributed by atoms with van der Waals surface area (Å²) in [6.07, 6.45) is -5.14. The molecule has 0 bridgehead atoms. The van der Waals surface area contributed by atoms with Crippen molar-refractivity contribution in [3.8, 4) is 0 Å². The summed E-state index contributed by atoms with van der Waals surface area (Å²) < 4.78 is 50.1. The zero-order valence-electron chi connectivity index (χ0n) is 7.78. The van der Waals surface area contributed by atoms with E-state index in [1.807, 2.05) is 0 Å². The van der Waals surface area contributed by atoms with E-state index in [2.05, 4.69) is 31.9 Å². The Morgan fingerprint density at radius 3 is 2.06 bits per heavy atom. The van der Waals surface area contributed by atoms with Gasteiger partial charge in [0.1, 0.15) is 5.83 Å². The van der Waals surface area contributed by atoms with Gasteiger partial charge in [0.05, 0.1) is 6.42 Å². The van der Waals surface area contributed by atoms with E-state index in [0.29, 0.717) is 15.0 Å². The maximum absolute atomic E-state index is 13.3. The van der Waals surface area contributed by atoms with E-state index in [0.717, 1.165) is 0 Å². The second-order valence-corrected chi connectivity index (χ2v) is 4.86. The topological polar surface area (TPSA) is 0 Å². The fourth-order valence-electron chi connectivity index (χ4n) is 1.01. The van der Waals surface area contributed by atoms with E-state index in [4.69, 9.17) is 0 Å². The molecule has 16 heavy (non-hydrogen) atoms. The van der Waals surface area contributed by atoms with E-state index in [-0.39, 0.29) is 5.56 Å². The molecular formula is C10H6Br2F4. The molecule has 0 saturated carbocycles. The van der Waals surface area contributed by atoms with Crippen LogP contribution in [0.5, 0.6) is 0 Å². The van der Waals surface area contributed by atoms with Crippen molar-refractivity contribution in [3.05, 3.63) is 38.8 Å². The Balaban J connectivity index is 2.91. The van der Waals surface area contributed by atoms with Crippen molar-refractivity contribution >= 4 is 37.7 Å². The number of alkyl halides is 3. The first kappa shape index (κ1) is 13.7. The second kappa shape index (κ2) is 5.31. The largest absolute Gasteiger partial charge is 0.392 e. The lowest BCUT2D eigenvalue weighted by molar-refractivity contribution is -0.125. The maximum Gasteiger partial charge on any atom is 0.392 e. The second-order valence-electron chi connectivity index (χ2n) is 3.03. The molecule has 0 fully saturated rings. The zero-order valence-corrected chi connectivity index (χ0v) is 11.0. The summed E-state index contributed by atoms with van der Waals surface area (Å²) in [5.41, 5.74) is 0.102. The summed E-state index contributed by atoms with van der Waals surface area (Å²) >= 11 is 6.25. The Morgan fingerprint density at radius 1 is 1.12 bits per heavy atom. The molecule has 6 heteroatoms. The predicted molar refractivity (Wildman–Crippen MR) is 61.6 cm³/mol. The van der Waals surface area contributed by atoms with Gasteiger partial charge >= 0.3 is 6.18 Å². The van der Waals surface area contributed by atoms with Gasteiger partial charge in [-0.2, -0.15) is 13.2 Å². The van der Waals surface area contributed by atoms with Crippen molar-refractivity contribution in [2.24, 2.45) is 0 Å². The summed E-state index contributed by atoms with van der Waals surface area (Å²) in [5, 5.41) is 0. The predicted octanol–water partition coefficient (Wildman–Crippen LogP) is 5.47. The van der Waals surface area contributed by atoms with Crippen LogP contribution in [0.3, 0.4) is 0 Å². The van der Waals surface area contributed by atoms with Gasteiger partial charge in [0.2, 0.25) is 0 Å². The molecule has 1 rings (SSSR count). The van der Waals surface area contributed by atoms with Crippen LogP contribution >= 0.6 is 31.9 Å². The van der Waals surface area contributed by atoms with Crippen LogP contribution in [-0.4, -0.2) is 6.18 Å². The number of halogens is 6. The normalized spacial score (nSPS) is 13.0. The lowest BCUT2D eigenvalue weighted by Crippen LogP contribution is -2.04. The van der Waals surface area contributed by atoms with Crippen LogP contribution < -0.4 is 0 Å². The van der Waals surface area contributed by atoms with Gasteiger partial charge in [-0.25, -0.2) is 4.39 Å². The molecule has 0 radical (unpaired) electrons. The van der Waals surface area contributed by atoms with Gasteiger partial charge in [0.15, 0.2) is 0 Å². The first-order chi connectivity index (χ1) is 7.28. The van der Waals surface area contributed by atoms with Gasteiger partial charge in [-0.15, -0.1) is 0 Å². The van der Waals surface area contributed by atoms with E-state index in [1.54, 1.807) is 6.07 Å². The zero-order chi connectivity index (χ0) is 12.3. The van der Waals surface area contributed by atoms with Crippen LogP contribution in [0.1, 0.15) is 12.0 Å². The third-order valence-corrected chi connectivity index (χ3v) is 2.57. The molecule has 0 nitrogen and oxygen atoms in total. The minimum atomic E-state index is -4.39. The van der Waals surface area contributed by atoms with Crippen molar-refractivity contribution in [3.63, 3.8) is 0 Å². The molecule has 1 aromatic carbocycles. The summed E-state index contributed by atoms with van der Waals surface area (Å²) in [6.45, 7) is 0. The molecule has 0 aliphatic rings. The molecule has 0 aliphatic heterocycles. The highest BCUT2D eigenvalue weighted by Gasteiger charge is 2.25. The molecule has 0 aromatic heterocycles. The first-order valence-electron chi connectivity index (χ1n) is 4.17. The molecular weight excluding hydrogens is 356 g/mol. The van der Waals surface area contributed by atoms with Crippen LogP contribution in [0.4, 0.5) is 17.6 Å². The van der Waals surface area contributed by atoms with Crippen LogP contribution in [-0.2, 0) is 0 Å². The lowest BCUT2D eigenvalue weighted by Gasteiger charge is -2.03. The summed E-state index contributed by atoms with van der Waals surface area (Å²) in [7, 11) is 0. The molecule has 0 atom stereocenters. The fourth-order valence-corrected chi connectivity index (χ4v) is 2.31. The SMILES string of the molecule is FC(=CCC(F)(F)F)c1cc(Br)cc(Br)c1. The minimum absolute atomic E-state index is 0.102. The lowest BCUT2D eigenvalue weighted by atomic mass is 10.2. The van der Waals surface area contributed by atoms with Gasteiger partial charge in [-0.05, 0) is 24.3 Å². The van der Waals surface area contributed by atoms with Crippen LogP contribution in [0.15, 0.2) is 33.2 Å². The molecule has 0 aliphatic carbocycles. The molecule has 88 valence electrons. The summed E-state index contributed by atoms with van der Waals surface area (Å²) in [6, 6.07) is 4.49. The van der Waals surface area contributed by atoms with Crippen molar-refractivity contribution in [2.45, 2.75) is 12.6 Å². The minimum Gasteiger partial charge on any atom is -0.207 e. The average molecular weight is 362 g/mol. The van der Waals surface area contributed by atoms with E-state index in [9.17, 15) is 17.6 Å². The monoisotopic (exact) mass is 360 g/mol. The van der Waals surface area contributed by atoms with Crippen molar-refractivity contribution in [2.75, 3.05) is 0 Å². The maximum atomic E-state index is 13.3. The van der Waals surface area contributed by atoms with Gasteiger partial charge < -0.3 is 0 Å². The quantitative estimate of drug-likeness (QED) is 0.612.